The Bertz CT molecular complexity index is 1090. The zero-order valence-corrected chi connectivity index (χ0v) is 17.5. The molecule has 7 nitrogen and oxygen atoms in total. The SMILES string of the molecule is O=C(NCC1C(C(=O)N2CCC2C(=O)O)C1(F)F)OCC1c2ccccc2-c2ccccc21. The van der Waals surface area contributed by atoms with E-state index in [2.05, 4.69) is 5.32 Å². The van der Waals surface area contributed by atoms with Gasteiger partial charge in [-0.05, 0) is 28.7 Å². The molecule has 1 saturated carbocycles. The normalized spacial score (nSPS) is 24.3. The van der Waals surface area contributed by atoms with E-state index in [-0.39, 0.29) is 25.5 Å². The minimum atomic E-state index is -3.29. The van der Waals surface area contributed by atoms with E-state index in [0.29, 0.717) is 0 Å². The maximum Gasteiger partial charge on any atom is 0.407 e. The van der Waals surface area contributed by atoms with Crippen LogP contribution in [0.15, 0.2) is 48.5 Å². The summed E-state index contributed by atoms with van der Waals surface area (Å²) in [4.78, 5) is 36.6. The molecule has 3 atom stereocenters. The molecule has 2 aliphatic carbocycles. The monoisotopic (exact) mass is 456 g/mol. The van der Waals surface area contributed by atoms with Gasteiger partial charge in [0.2, 0.25) is 5.91 Å². The third-order valence-corrected chi connectivity index (χ3v) is 6.87. The van der Waals surface area contributed by atoms with Gasteiger partial charge in [0.25, 0.3) is 5.92 Å². The van der Waals surface area contributed by atoms with Crippen LogP contribution >= 0.6 is 0 Å². The first kappa shape index (κ1) is 21.4. The zero-order chi connectivity index (χ0) is 23.3. The van der Waals surface area contributed by atoms with Gasteiger partial charge in [0.05, 0.1) is 5.92 Å². The summed E-state index contributed by atoms with van der Waals surface area (Å²) in [5.74, 6) is -8.51. The molecule has 2 aromatic rings. The lowest BCUT2D eigenvalue weighted by atomic mass is 9.98. The highest BCUT2D eigenvalue weighted by atomic mass is 19.3. The Morgan fingerprint density at radius 3 is 2.21 bits per heavy atom. The minimum absolute atomic E-state index is 0.0529. The number of carboxylic acid groups (broad SMARTS) is 1. The summed E-state index contributed by atoms with van der Waals surface area (Å²) >= 11 is 0. The third-order valence-electron chi connectivity index (χ3n) is 6.87. The van der Waals surface area contributed by atoms with Crippen LogP contribution < -0.4 is 5.32 Å². The lowest BCUT2D eigenvalue weighted by molar-refractivity contribution is -0.159. The summed E-state index contributed by atoms with van der Waals surface area (Å²) in [5.41, 5.74) is 4.22. The number of carboxylic acids is 1. The number of ether oxygens (including phenoxy) is 1. The van der Waals surface area contributed by atoms with Crippen LogP contribution in [0, 0.1) is 11.8 Å². The van der Waals surface area contributed by atoms with Crippen molar-refractivity contribution < 1.29 is 33.0 Å². The molecule has 3 aliphatic rings. The summed E-state index contributed by atoms with van der Waals surface area (Å²) in [6.45, 7) is -0.224. The standard InChI is InChI=1S/C24H22F2N2O5/c25-24(26)18(20(24)21(29)28-10-9-19(28)22(30)31)11-27-23(32)33-12-17-15-7-3-1-5-13(15)14-6-2-4-8-16(14)17/h1-8,17-20H,9-12H2,(H,27,32)(H,30,31). The molecule has 0 aromatic heterocycles. The number of carbonyl (C=O) groups excluding carboxylic acids is 2. The van der Waals surface area contributed by atoms with E-state index in [1.165, 1.54) is 0 Å². The van der Waals surface area contributed by atoms with Gasteiger partial charge in [0, 0.05) is 19.0 Å². The molecule has 0 radical (unpaired) electrons. The second-order valence-electron chi connectivity index (χ2n) is 8.64. The van der Waals surface area contributed by atoms with Crippen LogP contribution in [0.5, 0.6) is 0 Å². The summed E-state index contributed by atoms with van der Waals surface area (Å²) in [6.07, 6.45) is -0.583. The van der Waals surface area contributed by atoms with E-state index in [1.54, 1.807) is 0 Å². The molecule has 1 aliphatic heterocycles. The van der Waals surface area contributed by atoms with Gasteiger partial charge >= 0.3 is 12.1 Å². The second-order valence-corrected chi connectivity index (χ2v) is 8.64. The van der Waals surface area contributed by atoms with Gasteiger partial charge in [-0.1, -0.05) is 48.5 Å². The number of hydrogen-bond acceptors (Lipinski definition) is 4. The molecule has 2 amide bonds. The van der Waals surface area contributed by atoms with Crippen molar-refractivity contribution in [3.63, 3.8) is 0 Å². The van der Waals surface area contributed by atoms with Crippen molar-refractivity contribution in [3.05, 3.63) is 59.7 Å². The quantitative estimate of drug-likeness (QED) is 0.697. The van der Waals surface area contributed by atoms with Crippen LogP contribution in [-0.4, -0.2) is 59.6 Å². The number of rotatable bonds is 6. The molecule has 3 unspecified atom stereocenters. The van der Waals surface area contributed by atoms with Gasteiger partial charge in [-0.3, -0.25) is 4.79 Å². The topological polar surface area (TPSA) is 95.9 Å². The number of hydrogen-bond donors (Lipinski definition) is 2. The smallest absolute Gasteiger partial charge is 0.407 e. The number of amides is 2. The van der Waals surface area contributed by atoms with Crippen molar-refractivity contribution in [2.24, 2.45) is 11.8 Å². The summed E-state index contributed by atoms with van der Waals surface area (Å²) in [6, 6.07) is 14.6. The first-order chi connectivity index (χ1) is 15.8. The van der Waals surface area contributed by atoms with E-state index in [4.69, 9.17) is 9.84 Å². The average molecular weight is 456 g/mol. The number of likely N-dealkylation sites (tertiary alicyclic amines) is 1. The number of alkyl carbamates (subject to hydrolysis) is 1. The largest absolute Gasteiger partial charge is 0.480 e. The molecule has 0 bridgehead atoms. The molecule has 2 aromatic carbocycles. The van der Waals surface area contributed by atoms with E-state index >= 15 is 0 Å². The molecule has 33 heavy (non-hydrogen) atoms. The van der Waals surface area contributed by atoms with Gasteiger partial charge in [-0.15, -0.1) is 0 Å². The minimum Gasteiger partial charge on any atom is -0.480 e. The van der Waals surface area contributed by atoms with Crippen molar-refractivity contribution in [2.75, 3.05) is 19.7 Å². The number of nitrogens with one attached hydrogen (secondary N) is 1. The lowest BCUT2D eigenvalue weighted by Crippen LogP contribution is -2.56. The summed E-state index contributed by atoms with van der Waals surface area (Å²) in [5, 5.41) is 11.4. The fraction of sp³-hybridized carbons (Fsp3) is 0.375. The number of fused-ring (bicyclic) bond motifs is 3. The molecule has 0 spiro atoms. The molecule has 1 heterocycles. The van der Waals surface area contributed by atoms with Gasteiger partial charge in [-0.2, -0.15) is 0 Å². The van der Waals surface area contributed by atoms with Crippen molar-refractivity contribution in [2.45, 2.75) is 24.3 Å². The first-order valence-corrected chi connectivity index (χ1v) is 10.8. The summed E-state index contributed by atoms with van der Waals surface area (Å²) < 4.78 is 33.7. The number of benzene rings is 2. The lowest BCUT2D eigenvalue weighted by Gasteiger charge is -2.38. The Kier molecular flexibility index (Phi) is 5.07. The van der Waals surface area contributed by atoms with Crippen molar-refractivity contribution >= 4 is 18.0 Å². The predicted molar refractivity (Wildman–Crippen MR) is 113 cm³/mol. The van der Waals surface area contributed by atoms with Crippen LogP contribution in [0.4, 0.5) is 13.6 Å². The van der Waals surface area contributed by atoms with Crippen LogP contribution in [0.25, 0.3) is 11.1 Å². The predicted octanol–water partition coefficient (Wildman–Crippen LogP) is 3.09. The van der Waals surface area contributed by atoms with Crippen molar-refractivity contribution in [1.82, 2.24) is 10.2 Å². The molecule has 172 valence electrons. The number of alkyl halides is 2. The highest BCUT2D eigenvalue weighted by Crippen LogP contribution is 2.56. The van der Waals surface area contributed by atoms with E-state index in [9.17, 15) is 23.2 Å². The van der Waals surface area contributed by atoms with Gasteiger partial charge in [0.15, 0.2) is 0 Å². The molecule has 2 fully saturated rings. The highest BCUT2D eigenvalue weighted by Gasteiger charge is 2.73. The Morgan fingerprint density at radius 1 is 1.06 bits per heavy atom. The number of nitrogens with zero attached hydrogens (tertiary/aromatic N) is 1. The number of halogens is 2. The second kappa shape index (κ2) is 7.83. The molecule has 1 saturated heterocycles. The molecule has 2 N–H and O–H groups in total. The molecule has 5 rings (SSSR count). The van der Waals surface area contributed by atoms with E-state index in [0.717, 1.165) is 27.2 Å². The van der Waals surface area contributed by atoms with Crippen LogP contribution in [0.2, 0.25) is 0 Å². The third kappa shape index (κ3) is 3.51. The number of carbonyl (C=O) groups is 3. The van der Waals surface area contributed by atoms with E-state index in [1.807, 2.05) is 48.5 Å². The van der Waals surface area contributed by atoms with Gasteiger partial charge < -0.3 is 20.1 Å². The fourth-order valence-corrected chi connectivity index (χ4v) is 4.91. The first-order valence-electron chi connectivity index (χ1n) is 10.8. The van der Waals surface area contributed by atoms with Crippen LogP contribution in [0.3, 0.4) is 0 Å². The maximum atomic E-state index is 14.2. The van der Waals surface area contributed by atoms with Crippen molar-refractivity contribution in [3.8, 4) is 11.1 Å². The maximum absolute atomic E-state index is 14.2. The zero-order valence-electron chi connectivity index (χ0n) is 17.5. The number of aliphatic carboxylic acids is 1. The molecule has 9 heteroatoms. The Morgan fingerprint density at radius 2 is 1.67 bits per heavy atom. The Labute approximate surface area is 188 Å². The average Bonchev–Trinajstić information content (AvgIpc) is 3.16. The summed E-state index contributed by atoms with van der Waals surface area (Å²) in [7, 11) is 0. The van der Waals surface area contributed by atoms with Crippen molar-refractivity contribution in [1.29, 1.82) is 0 Å². The highest BCUT2D eigenvalue weighted by molar-refractivity contribution is 5.89. The van der Waals surface area contributed by atoms with E-state index < -0.39 is 48.3 Å². The van der Waals surface area contributed by atoms with Gasteiger partial charge in [-0.25, -0.2) is 18.4 Å². The Balaban J connectivity index is 1.17. The van der Waals surface area contributed by atoms with Gasteiger partial charge in [0.1, 0.15) is 18.6 Å². The van der Waals surface area contributed by atoms with Crippen LogP contribution in [-0.2, 0) is 14.3 Å². The molecular weight excluding hydrogens is 434 g/mol. The molecular formula is C24H22F2N2O5. The fourth-order valence-electron chi connectivity index (χ4n) is 4.91. The Hall–Kier alpha value is -3.49. The van der Waals surface area contributed by atoms with Crippen LogP contribution in [0.1, 0.15) is 23.5 Å².